The van der Waals surface area contributed by atoms with Gasteiger partial charge in [0.25, 0.3) is 0 Å². The predicted molar refractivity (Wildman–Crippen MR) is 98.0 cm³/mol. The smallest absolute Gasteiger partial charge is 0.341 e. The summed E-state index contributed by atoms with van der Waals surface area (Å²) in [7, 11) is 2.07. The number of halogens is 1. The molecule has 27 heavy (non-hydrogen) atoms. The van der Waals surface area contributed by atoms with E-state index in [0.29, 0.717) is 11.5 Å². The van der Waals surface area contributed by atoms with Gasteiger partial charge in [-0.15, -0.1) is 0 Å². The lowest BCUT2D eigenvalue weighted by atomic mass is 10.1. The molecule has 2 unspecified atom stereocenters. The molecule has 0 aromatic carbocycles. The first-order chi connectivity index (χ1) is 12.9. The molecule has 142 valence electrons. The first-order valence-electron chi connectivity index (χ1n) is 9.39. The van der Waals surface area contributed by atoms with Crippen molar-refractivity contribution in [1.82, 2.24) is 14.5 Å². The molecule has 2 aromatic heterocycles. The van der Waals surface area contributed by atoms with Gasteiger partial charge < -0.3 is 19.5 Å². The zero-order valence-corrected chi connectivity index (χ0v) is 15.1. The molecule has 0 spiro atoms. The van der Waals surface area contributed by atoms with Crippen LogP contribution in [0.25, 0.3) is 11.0 Å². The third-order valence-corrected chi connectivity index (χ3v) is 6.02. The van der Waals surface area contributed by atoms with Crippen LogP contribution in [0.1, 0.15) is 42.1 Å². The largest absolute Gasteiger partial charge is 0.477 e. The Bertz CT molecular complexity index is 1000. The molecule has 3 aliphatic rings. The van der Waals surface area contributed by atoms with E-state index in [-0.39, 0.29) is 29.1 Å². The van der Waals surface area contributed by atoms with Gasteiger partial charge in [-0.25, -0.2) is 14.2 Å². The van der Waals surface area contributed by atoms with Crippen LogP contribution in [0.15, 0.2) is 17.1 Å². The van der Waals surface area contributed by atoms with Crippen molar-refractivity contribution in [3.8, 4) is 0 Å². The summed E-state index contributed by atoms with van der Waals surface area (Å²) < 4.78 is 16.8. The van der Waals surface area contributed by atoms with Crippen molar-refractivity contribution in [3.05, 3.63) is 33.9 Å². The van der Waals surface area contributed by atoms with Crippen LogP contribution in [0.5, 0.6) is 0 Å². The number of fused-ring (bicyclic) bond motifs is 3. The lowest BCUT2D eigenvalue weighted by Crippen LogP contribution is -2.53. The van der Waals surface area contributed by atoms with E-state index in [2.05, 4.69) is 21.8 Å². The second kappa shape index (κ2) is 5.76. The van der Waals surface area contributed by atoms with Crippen LogP contribution in [-0.4, -0.2) is 57.7 Å². The van der Waals surface area contributed by atoms with E-state index in [0.717, 1.165) is 38.8 Å². The number of likely N-dealkylation sites (N-methyl/N-ethyl adjacent to an activating group) is 1. The number of rotatable bonds is 3. The minimum atomic E-state index is -1.29. The van der Waals surface area contributed by atoms with E-state index < -0.39 is 17.2 Å². The third kappa shape index (κ3) is 2.54. The normalized spacial score (nSPS) is 25.3. The number of anilines is 1. The molecule has 2 saturated heterocycles. The van der Waals surface area contributed by atoms with E-state index in [9.17, 15) is 14.7 Å². The van der Waals surface area contributed by atoms with E-state index in [1.807, 2.05) is 0 Å². The van der Waals surface area contributed by atoms with Crippen molar-refractivity contribution in [2.75, 3.05) is 25.0 Å². The Morgan fingerprint density at radius 3 is 2.41 bits per heavy atom. The SMILES string of the molecule is CN1CC2CCC(C1)N2c1nc2c(cc1F)c(=O)c(C(=O)O)cn2C1CC1. The molecule has 2 atom stereocenters. The van der Waals surface area contributed by atoms with Crippen LogP contribution in [-0.2, 0) is 0 Å². The highest BCUT2D eigenvalue weighted by Crippen LogP contribution is 2.39. The predicted octanol–water partition coefficient (Wildman–Crippen LogP) is 1.85. The maximum absolute atomic E-state index is 15.0. The number of carbonyl (C=O) groups is 1. The van der Waals surface area contributed by atoms with Crippen molar-refractivity contribution in [3.63, 3.8) is 0 Å². The van der Waals surface area contributed by atoms with Gasteiger partial charge in [0, 0.05) is 37.4 Å². The van der Waals surface area contributed by atoms with Crippen LogP contribution >= 0.6 is 0 Å². The number of pyridine rings is 2. The molecule has 3 fully saturated rings. The van der Waals surface area contributed by atoms with Gasteiger partial charge in [-0.1, -0.05) is 0 Å². The molecule has 0 radical (unpaired) electrons. The number of carboxylic acid groups (broad SMARTS) is 1. The molecule has 1 aliphatic carbocycles. The molecule has 8 heteroatoms. The van der Waals surface area contributed by atoms with Crippen molar-refractivity contribution < 1.29 is 14.3 Å². The van der Waals surface area contributed by atoms with Crippen LogP contribution in [0.3, 0.4) is 0 Å². The van der Waals surface area contributed by atoms with E-state index >= 15 is 4.39 Å². The van der Waals surface area contributed by atoms with Crippen LogP contribution in [0.2, 0.25) is 0 Å². The van der Waals surface area contributed by atoms with Gasteiger partial charge in [0.2, 0.25) is 5.43 Å². The molecule has 5 rings (SSSR count). The van der Waals surface area contributed by atoms with Crippen molar-refractivity contribution in [2.24, 2.45) is 0 Å². The van der Waals surface area contributed by atoms with Gasteiger partial charge in [-0.05, 0) is 38.8 Å². The number of aromatic carboxylic acids is 1. The number of hydrogen-bond donors (Lipinski definition) is 1. The number of nitrogens with zero attached hydrogens (tertiary/aromatic N) is 4. The average molecular weight is 372 g/mol. The van der Waals surface area contributed by atoms with Crippen LogP contribution in [0.4, 0.5) is 10.2 Å². The Labute approximate surface area is 155 Å². The minimum absolute atomic E-state index is 0.0459. The maximum Gasteiger partial charge on any atom is 0.341 e. The number of carboxylic acids is 1. The molecule has 2 aliphatic heterocycles. The fourth-order valence-corrected chi connectivity index (χ4v) is 4.66. The van der Waals surface area contributed by atoms with E-state index in [1.54, 1.807) is 4.57 Å². The zero-order chi connectivity index (χ0) is 18.9. The topological polar surface area (TPSA) is 78.7 Å². The Kier molecular flexibility index (Phi) is 3.56. The van der Waals surface area contributed by atoms with Gasteiger partial charge in [-0.3, -0.25) is 4.79 Å². The van der Waals surface area contributed by atoms with E-state index in [1.165, 1.54) is 12.3 Å². The summed E-state index contributed by atoms with van der Waals surface area (Å²) in [6, 6.07) is 1.74. The number of piperazine rings is 1. The van der Waals surface area contributed by atoms with Gasteiger partial charge in [0.15, 0.2) is 11.6 Å². The summed E-state index contributed by atoms with van der Waals surface area (Å²) in [6.45, 7) is 1.73. The number of aromatic nitrogens is 2. The third-order valence-electron chi connectivity index (χ3n) is 6.02. The Balaban J connectivity index is 1.71. The average Bonchev–Trinajstić information content (AvgIpc) is 3.41. The zero-order valence-electron chi connectivity index (χ0n) is 15.1. The molecule has 4 heterocycles. The molecule has 1 N–H and O–H groups in total. The highest BCUT2D eigenvalue weighted by Gasteiger charge is 2.41. The Hall–Kier alpha value is -2.48. The first kappa shape index (κ1) is 16.7. The second-order valence-electron chi connectivity index (χ2n) is 7.99. The first-order valence-corrected chi connectivity index (χ1v) is 9.39. The summed E-state index contributed by atoms with van der Waals surface area (Å²) in [5, 5.41) is 9.39. The Morgan fingerprint density at radius 2 is 1.81 bits per heavy atom. The lowest BCUT2D eigenvalue weighted by Gasteiger charge is -2.40. The molecule has 0 amide bonds. The van der Waals surface area contributed by atoms with Crippen molar-refractivity contribution >= 4 is 22.8 Å². The fourth-order valence-electron chi connectivity index (χ4n) is 4.66. The van der Waals surface area contributed by atoms with Gasteiger partial charge in [0.05, 0.1) is 5.39 Å². The van der Waals surface area contributed by atoms with Crippen molar-refractivity contribution in [1.29, 1.82) is 0 Å². The molecular formula is C19H21FN4O3. The van der Waals surface area contributed by atoms with E-state index in [4.69, 9.17) is 0 Å². The summed E-state index contributed by atoms with van der Waals surface area (Å²) in [5.41, 5.74) is -0.612. The fraction of sp³-hybridized carbons (Fsp3) is 0.526. The standard InChI is InChI=1S/C19H21FN4O3/c1-22-7-11-4-5-12(8-22)24(11)18-15(20)6-13-16(25)14(19(26)27)9-23(10-2-3-10)17(13)21-18/h6,9-12H,2-5,7-8H2,1H3,(H,26,27). The van der Waals surface area contributed by atoms with Gasteiger partial charge >= 0.3 is 5.97 Å². The van der Waals surface area contributed by atoms with Crippen molar-refractivity contribution in [2.45, 2.75) is 43.8 Å². The quantitative estimate of drug-likeness (QED) is 0.886. The molecule has 1 saturated carbocycles. The maximum atomic E-state index is 15.0. The van der Waals surface area contributed by atoms with Gasteiger partial charge in [-0.2, -0.15) is 0 Å². The van der Waals surface area contributed by atoms with Gasteiger partial charge in [0.1, 0.15) is 11.2 Å². The minimum Gasteiger partial charge on any atom is -0.477 e. The molecule has 7 nitrogen and oxygen atoms in total. The van der Waals surface area contributed by atoms with Crippen LogP contribution < -0.4 is 10.3 Å². The Morgan fingerprint density at radius 1 is 1.19 bits per heavy atom. The lowest BCUT2D eigenvalue weighted by molar-refractivity contribution is 0.0695. The summed E-state index contributed by atoms with van der Waals surface area (Å²) in [4.78, 5) is 32.9. The summed E-state index contributed by atoms with van der Waals surface area (Å²) >= 11 is 0. The molecule has 2 aromatic rings. The monoisotopic (exact) mass is 372 g/mol. The number of hydrogen-bond acceptors (Lipinski definition) is 5. The highest BCUT2D eigenvalue weighted by molar-refractivity contribution is 5.92. The number of likely N-dealkylation sites (tertiary alicyclic amines) is 1. The summed E-state index contributed by atoms with van der Waals surface area (Å²) in [6.07, 6.45) is 5.19. The second-order valence-corrected chi connectivity index (χ2v) is 7.99. The van der Waals surface area contributed by atoms with Crippen LogP contribution in [0, 0.1) is 5.82 Å². The molecular weight excluding hydrogens is 351 g/mol. The highest BCUT2D eigenvalue weighted by atomic mass is 19.1. The summed E-state index contributed by atoms with van der Waals surface area (Å²) in [5.74, 6) is -1.55. The molecule has 2 bridgehead atoms.